The van der Waals surface area contributed by atoms with Gasteiger partial charge in [0, 0.05) is 7.05 Å². The Morgan fingerprint density at radius 3 is 2.19 bits per heavy atom. The molecule has 0 radical (unpaired) electrons. The zero-order chi connectivity index (χ0) is 19.5. The molecule has 2 heterocycles. The maximum absolute atomic E-state index is 12.1. The van der Waals surface area contributed by atoms with E-state index in [9.17, 15) is 9.59 Å². The molecular weight excluding hydrogens is 338 g/mol. The Bertz CT molecular complexity index is 815. The van der Waals surface area contributed by atoms with Crippen molar-refractivity contribution >= 4 is 17.9 Å². The van der Waals surface area contributed by atoms with E-state index in [1.165, 1.54) is 30.6 Å². The van der Waals surface area contributed by atoms with Crippen molar-refractivity contribution in [2.24, 2.45) is 0 Å². The van der Waals surface area contributed by atoms with Crippen molar-refractivity contribution in [2.75, 3.05) is 19.1 Å². The molecule has 0 saturated carbocycles. The van der Waals surface area contributed by atoms with Crippen LogP contribution in [0.1, 0.15) is 37.0 Å². The quantitative estimate of drug-likeness (QED) is 0.769. The minimum absolute atomic E-state index is 0.144. The molecule has 138 valence electrons. The predicted octanol–water partition coefficient (Wildman–Crippen LogP) is 2.40. The van der Waals surface area contributed by atoms with Crippen LogP contribution in [0.4, 0.5) is 10.6 Å². The van der Waals surface area contributed by atoms with E-state index in [4.69, 9.17) is 4.74 Å². The maximum atomic E-state index is 12.1. The Kier molecular flexibility index (Phi) is 5.49. The van der Waals surface area contributed by atoms with Gasteiger partial charge in [0.15, 0.2) is 11.5 Å². The van der Waals surface area contributed by atoms with Crippen molar-refractivity contribution in [1.29, 1.82) is 0 Å². The second kappa shape index (κ2) is 7.42. The summed E-state index contributed by atoms with van der Waals surface area (Å²) in [5.41, 5.74) is 0.872. The lowest BCUT2D eigenvalue weighted by atomic mass is 10.2. The minimum Gasteiger partial charge on any atom is -0.464 e. The number of carbonyl (C=O) groups is 2. The molecule has 2 aromatic heterocycles. The fourth-order valence-electron chi connectivity index (χ4n) is 1.95. The number of esters is 1. The van der Waals surface area contributed by atoms with E-state index in [-0.39, 0.29) is 5.69 Å². The van der Waals surface area contributed by atoms with Gasteiger partial charge in [-0.05, 0) is 27.7 Å². The summed E-state index contributed by atoms with van der Waals surface area (Å²) in [5.74, 6) is -0.221. The van der Waals surface area contributed by atoms with E-state index in [0.29, 0.717) is 22.9 Å². The summed E-state index contributed by atoms with van der Waals surface area (Å²) in [6.45, 7) is 7.01. The maximum Gasteiger partial charge on any atom is 0.415 e. The fourth-order valence-corrected chi connectivity index (χ4v) is 1.95. The Balaban J connectivity index is 2.20. The van der Waals surface area contributed by atoms with E-state index in [2.05, 4.69) is 24.7 Å². The van der Waals surface area contributed by atoms with Crippen molar-refractivity contribution in [1.82, 2.24) is 19.9 Å². The van der Waals surface area contributed by atoms with Crippen LogP contribution >= 0.6 is 0 Å². The van der Waals surface area contributed by atoms with Gasteiger partial charge in [-0.25, -0.2) is 29.5 Å². The number of anilines is 1. The smallest absolute Gasteiger partial charge is 0.415 e. The van der Waals surface area contributed by atoms with Gasteiger partial charge in [-0.15, -0.1) is 0 Å². The van der Waals surface area contributed by atoms with Crippen molar-refractivity contribution in [2.45, 2.75) is 33.3 Å². The number of nitrogens with zero attached hydrogens (tertiary/aromatic N) is 5. The van der Waals surface area contributed by atoms with Gasteiger partial charge in [0.1, 0.15) is 17.0 Å². The third-order valence-corrected chi connectivity index (χ3v) is 3.24. The second-order valence-electron chi connectivity index (χ2n) is 6.48. The van der Waals surface area contributed by atoms with Crippen molar-refractivity contribution in [3.05, 3.63) is 30.0 Å². The van der Waals surface area contributed by atoms with E-state index >= 15 is 0 Å². The number of hydrogen-bond donors (Lipinski definition) is 0. The largest absolute Gasteiger partial charge is 0.464 e. The molecule has 0 spiro atoms. The fraction of sp³-hybridized carbons (Fsp3) is 0.412. The lowest BCUT2D eigenvalue weighted by molar-refractivity contribution is 0.0580. The number of hydrogen-bond acceptors (Lipinski definition) is 8. The first-order valence-corrected chi connectivity index (χ1v) is 7.83. The summed E-state index contributed by atoms with van der Waals surface area (Å²) in [5, 5.41) is 0. The lowest BCUT2D eigenvalue weighted by Crippen LogP contribution is -2.34. The van der Waals surface area contributed by atoms with Crippen LogP contribution in [0.5, 0.6) is 0 Å². The molecule has 9 nitrogen and oxygen atoms in total. The van der Waals surface area contributed by atoms with Crippen molar-refractivity contribution in [3.63, 3.8) is 0 Å². The van der Waals surface area contributed by atoms with E-state index in [0.717, 1.165) is 0 Å². The Morgan fingerprint density at radius 2 is 1.69 bits per heavy atom. The Hall–Kier alpha value is -3.10. The van der Waals surface area contributed by atoms with E-state index in [1.54, 1.807) is 34.7 Å². The number of methoxy groups -OCH3 is 1. The van der Waals surface area contributed by atoms with Crippen LogP contribution in [0.3, 0.4) is 0 Å². The highest BCUT2D eigenvalue weighted by Crippen LogP contribution is 2.18. The van der Waals surface area contributed by atoms with Crippen LogP contribution in [-0.4, -0.2) is 51.8 Å². The predicted molar refractivity (Wildman–Crippen MR) is 93.8 cm³/mol. The highest BCUT2D eigenvalue weighted by atomic mass is 16.6. The van der Waals surface area contributed by atoms with Gasteiger partial charge in [0.2, 0.25) is 0 Å². The van der Waals surface area contributed by atoms with Crippen LogP contribution in [0.25, 0.3) is 11.4 Å². The summed E-state index contributed by atoms with van der Waals surface area (Å²) < 4.78 is 9.93. The number of carbonyl (C=O) groups excluding carboxylic acids is 2. The molecule has 0 saturated heterocycles. The number of amides is 1. The van der Waals surface area contributed by atoms with E-state index in [1.807, 2.05) is 0 Å². The van der Waals surface area contributed by atoms with E-state index < -0.39 is 17.7 Å². The molecule has 0 N–H and O–H groups in total. The first-order valence-electron chi connectivity index (χ1n) is 7.83. The zero-order valence-corrected chi connectivity index (χ0v) is 15.6. The zero-order valence-electron chi connectivity index (χ0n) is 15.6. The molecule has 0 aliphatic carbocycles. The average Bonchev–Trinajstić information content (AvgIpc) is 2.59. The molecule has 0 aliphatic rings. The SMILES string of the molecule is COC(=O)c1ncc(-c2cnc(N(C)C(=O)OC(C)(C)C)cn2)nc1C. The van der Waals surface area contributed by atoms with Crippen LogP contribution in [0, 0.1) is 6.92 Å². The Morgan fingerprint density at radius 1 is 1.04 bits per heavy atom. The van der Waals surface area contributed by atoms with Gasteiger partial charge >= 0.3 is 12.1 Å². The van der Waals surface area contributed by atoms with Gasteiger partial charge in [-0.1, -0.05) is 0 Å². The average molecular weight is 359 g/mol. The van der Waals surface area contributed by atoms with Crippen LogP contribution in [-0.2, 0) is 9.47 Å². The van der Waals surface area contributed by atoms with Gasteiger partial charge in [0.25, 0.3) is 0 Å². The number of rotatable bonds is 3. The molecule has 2 aromatic rings. The molecule has 0 unspecified atom stereocenters. The molecule has 0 fully saturated rings. The van der Waals surface area contributed by atoms with Gasteiger partial charge in [0.05, 0.1) is 31.4 Å². The molecule has 0 atom stereocenters. The highest BCUT2D eigenvalue weighted by Gasteiger charge is 2.21. The van der Waals surface area contributed by atoms with Crippen LogP contribution in [0.2, 0.25) is 0 Å². The normalized spacial score (nSPS) is 11.0. The molecular formula is C17H21N5O4. The third-order valence-electron chi connectivity index (χ3n) is 3.24. The summed E-state index contributed by atoms with van der Waals surface area (Å²) in [6.07, 6.45) is 3.79. The molecule has 0 aliphatic heterocycles. The molecule has 2 rings (SSSR count). The summed E-state index contributed by atoms with van der Waals surface area (Å²) in [4.78, 5) is 41.7. The number of aryl methyl sites for hydroxylation is 1. The van der Waals surface area contributed by atoms with Gasteiger partial charge in [-0.3, -0.25) is 4.90 Å². The summed E-state index contributed by atoms with van der Waals surface area (Å²) in [7, 11) is 2.83. The van der Waals surface area contributed by atoms with Gasteiger partial charge in [-0.2, -0.15) is 0 Å². The van der Waals surface area contributed by atoms with Crippen LogP contribution in [0.15, 0.2) is 18.6 Å². The third kappa shape index (κ3) is 4.50. The molecule has 0 aromatic carbocycles. The minimum atomic E-state index is -0.604. The van der Waals surface area contributed by atoms with Crippen molar-refractivity contribution in [3.8, 4) is 11.4 Å². The first kappa shape index (κ1) is 19.2. The standard InChI is InChI=1S/C17H21N5O4/c1-10-14(15(23)25-6)20-8-12(21-10)11-7-19-13(9-18-11)22(5)16(24)26-17(2,3)4/h7-9H,1-6H3. The highest BCUT2D eigenvalue weighted by molar-refractivity contribution is 5.88. The monoisotopic (exact) mass is 359 g/mol. The first-order chi connectivity index (χ1) is 12.1. The number of aromatic nitrogens is 4. The molecule has 0 bridgehead atoms. The molecule has 26 heavy (non-hydrogen) atoms. The second-order valence-corrected chi connectivity index (χ2v) is 6.48. The summed E-state index contributed by atoms with van der Waals surface area (Å²) in [6, 6.07) is 0. The Labute approximate surface area is 151 Å². The molecule has 9 heteroatoms. The topological polar surface area (TPSA) is 107 Å². The number of ether oxygens (including phenoxy) is 2. The van der Waals surface area contributed by atoms with Gasteiger partial charge < -0.3 is 9.47 Å². The van der Waals surface area contributed by atoms with Crippen LogP contribution < -0.4 is 4.90 Å². The molecule has 1 amide bonds. The van der Waals surface area contributed by atoms with Crippen molar-refractivity contribution < 1.29 is 19.1 Å². The summed E-state index contributed by atoms with van der Waals surface area (Å²) >= 11 is 0. The lowest BCUT2D eigenvalue weighted by Gasteiger charge is -2.23.